The maximum atomic E-state index is 11.9. The first-order chi connectivity index (χ1) is 10.1. The molecule has 2 rings (SSSR count). The quantitative estimate of drug-likeness (QED) is 0.768. The number of amides is 2. The van der Waals surface area contributed by atoms with E-state index >= 15 is 0 Å². The van der Waals surface area contributed by atoms with Gasteiger partial charge in [0.2, 0.25) is 0 Å². The highest BCUT2D eigenvalue weighted by molar-refractivity contribution is 9.10. The van der Waals surface area contributed by atoms with Crippen LogP contribution in [0, 0.1) is 5.92 Å². The van der Waals surface area contributed by atoms with Crippen molar-refractivity contribution in [2.45, 2.75) is 32.1 Å². The van der Waals surface area contributed by atoms with E-state index in [0.717, 1.165) is 12.8 Å². The Labute approximate surface area is 132 Å². The zero-order valence-electron chi connectivity index (χ0n) is 11.7. The SMILES string of the molecule is O=C(NCC1CCCCC1)Nc1c(Br)cccc1C(=O)O. The van der Waals surface area contributed by atoms with Crippen molar-refractivity contribution < 1.29 is 14.7 Å². The van der Waals surface area contributed by atoms with Gasteiger partial charge in [0.15, 0.2) is 0 Å². The number of carboxylic acids is 1. The van der Waals surface area contributed by atoms with Crippen LogP contribution in [-0.2, 0) is 0 Å². The fourth-order valence-corrected chi connectivity index (χ4v) is 3.08. The molecule has 0 aliphatic heterocycles. The van der Waals surface area contributed by atoms with Gasteiger partial charge in [0.1, 0.15) is 0 Å². The van der Waals surface area contributed by atoms with Gasteiger partial charge in [0.05, 0.1) is 11.3 Å². The minimum atomic E-state index is -1.07. The molecule has 21 heavy (non-hydrogen) atoms. The number of urea groups is 1. The van der Waals surface area contributed by atoms with Crippen LogP contribution in [0.5, 0.6) is 0 Å². The molecule has 0 spiro atoms. The lowest BCUT2D eigenvalue weighted by Crippen LogP contribution is -2.34. The molecule has 1 fully saturated rings. The number of nitrogens with one attached hydrogen (secondary N) is 2. The summed E-state index contributed by atoms with van der Waals surface area (Å²) in [6, 6.07) is 4.42. The highest BCUT2D eigenvalue weighted by atomic mass is 79.9. The normalized spacial score (nSPS) is 15.5. The van der Waals surface area contributed by atoms with Crippen molar-refractivity contribution >= 4 is 33.6 Å². The van der Waals surface area contributed by atoms with E-state index in [-0.39, 0.29) is 17.3 Å². The van der Waals surface area contributed by atoms with E-state index in [1.54, 1.807) is 12.1 Å². The Hall–Kier alpha value is -1.56. The molecule has 5 nitrogen and oxygen atoms in total. The Morgan fingerprint density at radius 3 is 2.62 bits per heavy atom. The van der Waals surface area contributed by atoms with Crippen LogP contribution >= 0.6 is 15.9 Å². The zero-order chi connectivity index (χ0) is 15.2. The first-order valence-corrected chi connectivity index (χ1v) is 7.94. The van der Waals surface area contributed by atoms with Crippen molar-refractivity contribution in [3.05, 3.63) is 28.2 Å². The third kappa shape index (κ3) is 4.46. The van der Waals surface area contributed by atoms with Crippen molar-refractivity contribution in [1.82, 2.24) is 5.32 Å². The molecule has 1 aromatic carbocycles. The van der Waals surface area contributed by atoms with Crippen molar-refractivity contribution in [3.8, 4) is 0 Å². The van der Waals surface area contributed by atoms with Gasteiger partial charge in [-0.3, -0.25) is 0 Å². The van der Waals surface area contributed by atoms with Crippen LogP contribution in [0.15, 0.2) is 22.7 Å². The fraction of sp³-hybridized carbons (Fsp3) is 0.467. The largest absolute Gasteiger partial charge is 0.478 e. The lowest BCUT2D eigenvalue weighted by molar-refractivity contribution is 0.0698. The second kappa shape index (κ2) is 7.45. The monoisotopic (exact) mass is 354 g/mol. The highest BCUT2D eigenvalue weighted by Gasteiger charge is 2.17. The van der Waals surface area contributed by atoms with Crippen LogP contribution in [-0.4, -0.2) is 23.7 Å². The van der Waals surface area contributed by atoms with E-state index in [1.807, 2.05) is 0 Å². The summed E-state index contributed by atoms with van der Waals surface area (Å²) >= 11 is 3.27. The average Bonchev–Trinajstić information content (AvgIpc) is 2.48. The summed E-state index contributed by atoms with van der Waals surface area (Å²) in [5.41, 5.74) is 0.350. The van der Waals surface area contributed by atoms with Crippen LogP contribution in [0.25, 0.3) is 0 Å². The third-order valence-electron chi connectivity index (χ3n) is 3.76. The Morgan fingerprint density at radius 1 is 1.24 bits per heavy atom. The van der Waals surface area contributed by atoms with E-state index in [4.69, 9.17) is 5.11 Å². The standard InChI is InChI=1S/C15H19BrN2O3/c16-12-8-4-7-11(14(19)20)13(12)18-15(21)17-9-10-5-2-1-3-6-10/h4,7-8,10H,1-3,5-6,9H2,(H,19,20)(H2,17,18,21). The van der Waals surface area contributed by atoms with Gasteiger partial charge in [0, 0.05) is 11.0 Å². The van der Waals surface area contributed by atoms with Crippen LogP contribution in [0.2, 0.25) is 0 Å². The topological polar surface area (TPSA) is 78.4 Å². The second-order valence-corrected chi connectivity index (χ2v) is 6.16. The van der Waals surface area contributed by atoms with E-state index in [0.29, 0.717) is 16.9 Å². The molecule has 1 saturated carbocycles. The van der Waals surface area contributed by atoms with Crippen LogP contribution < -0.4 is 10.6 Å². The number of carboxylic acid groups (broad SMARTS) is 1. The Kier molecular flexibility index (Phi) is 5.61. The summed E-state index contributed by atoms with van der Waals surface area (Å²) in [6.45, 7) is 0.638. The average molecular weight is 355 g/mol. The summed E-state index contributed by atoms with van der Waals surface area (Å²) < 4.78 is 0.551. The van der Waals surface area contributed by atoms with E-state index in [2.05, 4.69) is 26.6 Å². The van der Waals surface area contributed by atoms with Gasteiger partial charge in [-0.1, -0.05) is 25.3 Å². The predicted molar refractivity (Wildman–Crippen MR) is 84.7 cm³/mol. The molecular formula is C15H19BrN2O3. The number of rotatable bonds is 4. The molecule has 0 bridgehead atoms. The number of halogens is 1. The number of carbonyl (C=O) groups is 2. The van der Waals surface area contributed by atoms with Gasteiger partial charge in [-0.15, -0.1) is 0 Å². The molecule has 114 valence electrons. The van der Waals surface area contributed by atoms with Crippen LogP contribution in [0.4, 0.5) is 10.5 Å². The molecule has 1 aliphatic carbocycles. The zero-order valence-corrected chi connectivity index (χ0v) is 13.3. The molecule has 0 unspecified atom stereocenters. The van der Waals surface area contributed by atoms with Gasteiger partial charge in [0.25, 0.3) is 0 Å². The first kappa shape index (κ1) is 15.8. The first-order valence-electron chi connectivity index (χ1n) is 7.14. The van der Waals surface area contributed by atoms with E-state index < -0.39 is 5.97 Å². The van der Waals surface area contributed by atoms with Gasteiger partial charge in [-0.25, -0.2) is 9.59 Å². The summed E-state index contributed by atoms with van der Waals surface area (Å²) in [4.78, 5) is 23.1. The number of hydrogen-bond donors (Lipinski definition) is 3. The molecule has 1 aliphatic rings. The number of para-hydroxylation sites is 1. The van der Waals surface area contributed by atoms with Crippen LogP contribution in [0.3, 0.4) is 0 Å². The number of hydrogen-bond acceptors (Lipinski definition) is 2. The van der Waals surface area contributed by atoms with Crippen molar-refractivity contribution in [2.24, 2.45) is 5.92 Å². The molecule has 6 heteroatoms. The summed E-state index contributed by atoms with van der Waals surface area (Å²) in [7, 11) is 0. The number of anilines is 1. The Morgan fingerprint density at radius 2 is 1.95 bits per heavy atom. The molecular weight excluding hydrogens is 336 g/mol. The number of aromatic carboxylic acids is 1. The summed E-state index contributed by atoms with van der Waals surface area (Å²) in [5.74, 6) is -0.540. The number of benzene rings is 1. The smallest absolute Gasteiger partial charge is 0.337 e. The fourth-order valence-electron chi connectivity index (χ4n) is 2.62. The molecule has 0 atom stereocenters. The Balaban J connectivity index is 1.94. The summed E-state index contributed by atoms with van der Waals surface area (Å²) in [5, 5.41) is 14.6. The Bertz CT molecular complexity index is 528. The van der Waals surface area contributed by atoms with E-state index in [9.17, 15) is 9.59 Å². The number of carbonyl (C=O) groups excluding carboxylic acids is 1. The van der Waals surface area contributed by atoms with Crippen molar-refractivity contribution in [2.75, 3.05) is 11.9 Å². The highest BCUT2D eigenvalue weighted by Crippen LogP contribution is 2.26. The molecule has 0 heterocycles. The van der Waals surface area contributed by atoms with Crippen LogP contribution in [0.1, 0.15) is 42.5 Å². The van der Waals surface area contributed by atoms with Gasteiger partial charge in [-0.2, -0.15) is 0 Å². The molecule has 2 amide bonds. The third-order valence-corrected chi connectivity index (χ3v) is 4.42. The maximum Gasteiger partial charge on any atom is 0.337 e. The minimum Gasteiger partial charge on any atom is -0.478 e. The lowest BCUT2D eigenvalue weighted by Gasteiger charge is -2.22. The van der Waals surface area contributed by atoms with Gasteiger partial charge in [-0.05, 0) is 46.8 Å². The van der Waals surface area contributed by atoms with Crippen molar-refractivity contribution in [3.63, 3.8) is 0 Å². The molecule has 0 aromatic heterocycles. The molecule has 0 radical (unpaired) electrons. The van der Waals surface area contributed by atoms with E-state index in [1.165, 1.54) is 25.3 Å². The maximum absolute atomic E-state index is 11.9. The molecule has 1 aromatic rings. The predicted octanol–water partition coefficient (Wildman–Crippen LogP) is 3.85. The molecule has 3 N–H and O–H groups in total. The minimum absolute atomic E-state index is 0.0668. The molecule has 0 saturated heterocycles. The van der Waals surface area contributed by atoms with Crippen molar-refractivity contribution in [1.29, 1.82) is 0 Å². The second-order valence-electron chi connectivity index (χ2n) is 5.31. The van der Waals surface area contributed by atoms with Gasteiger partial charge < -0.3 is 15.7 Å². The summed E-state index contributed by atoms with van der Waals surface area (Å²) in [6.07, 6.45) is 6.02. The lowest BCUT2D eigenvalue weighted by atomic mass is 9.89. The van der Waals surface area contributed by atoms with Gasteiger partial charge >= 0.3 is 12.0 Å².